The van der Waals surface area contributed by atoms with Crippen molar-refractivity contribution in [2.24, 2.45) is 4.99 Å². The van der Waals surface area contributed by atoms with Crippen LogP contribution in [-0.2, 0) is 0 Å². The Hall–Kier alpha value is -2.95. The van der Waals surface area contributed by atoms with Crippen molar-refractivity contribution in [3.05, 3.63) is 53.6 Å². The minimum absolute atomic E-state index is 0.136. The average molecular weight is 324 g/mol. The molecule has 0 amide bonds. The fourth-order valence-corrected chi connectivity index (χ4v) is 2.61. The van der Waals surface area contributed by atoms with Crippen LogP contribution in [0.1, 0.15) is 5.56 Å². The van der Waals surface area contributed by atoms with Crippen LogP contribution in [-0.4, -0.2) is 38.8 Å². The second-order valence-corrected chi connectivity index (χ2v) is 5.50. The molecule has 24 heavy (non-hydrogen) atoms. The Morgan fingerprint density at radius 1 is 1.08 bits per heavy atom. The lowest BCUT2D eigenvalue weighted by molar-refractivity contribution is 0.373. The average Bonchev–Trinajstić information content (AvgIpc) is 2.63. The number of methoxy groups -OCH3 is 2. The van der Waals surface area contributed by atoms with E-state index in [9.17, 15) is 5.11 Å². The minimum Gasteiger partial charge on any atom is -0.504 e. The van der Waals surface area contributed by atoms with Gasteiger partial charge in [0.2, 0.25) is 0 Å². The molecular formula is C19H20N2O3. The standard InChI is InChI=1S/C19H20N2O3/c1-23-17-6-4-16(5-7-17)21-12-15(11-20-13-21)9-14-3-8-18(22)19(10-14)24-2/h3-11,22H,12-13H2,1-2H3/b15-9+. The van der Waals surface area contributed by atoms with E-state index in [1.165, 1.54) is 0 Å². The number of anilines is 1. The Morgan fingerprint density at radius 3 is 2.58 bits per heavy atom. The van der Waals surface area contributed by atoms with Gasteiger partial charge in [-0.05, 0) is 53.6 Å². The molecular weight excluding hydrogens is 304 g/mol. The van der Waals surface area contributed by atoms with E-state index in [2.05, 4.69) is 9.89 Å². The molecule has 5 heteroatoms. The van der Waals surface area contributed by atoms with Crippen LogP contribution in [0.15, 0.2) is 53.0 Å². The predicted molar refractivity (Wildman–Crippen MR) is 96.3 cm³/mol. The molecule has 1 heterocycles. The topological polar surface area (TPSA) is 54.3 Å². The smallest absolute Gasteiger partial charge is 0.161 e. The van der Waals surface area contributed by atoms with Crippen molar-refractivity contribution < 1.29 is 14.6 Å². The van der Waals surface area contributed by atoms with Gasteiger partial charge >= 0.3 is 0 Å². The Bertz CT molecular complexity index is 767. The Morgan fingerprint density at radius 2 is 1.88 bits per heavy atom. The largest absolute Gasteiger partial charge is 0.504 e. The number of nitrogens with zero attached hydrogens (tertiary/aromatic N) is 2. The number of benzene rings is 2. The molecule has 2 aromatic carbocycles. The van der Waals surface area contributed by atoms with Gasteiger partial charge in [0, 0.05) is 18.4 Å². The third-order valence-electron chi connectivity index (χ3n) is 3.88. The molecule has 5 nitrogen and oxygen atoms in total. The predicted octanol–water partition coefficient (Wildman–Crippen LogP) is 3.34. The summed E-state index contributed by atoms with van der Waals surface area (Å²) < 4.78 is 10.3. The van der Waals surface area contributed by atoms with Crippen molar-refractivity contribution in [3.8, 4) is 17.2 Å². The highest BCUT2D eigenvalue weighted by Gasteiger charge is 2.12. The van der Waals surface area contributed by atoms with Gasteiger partial charge in [-0.1, -0.05) is 6.07 Å². The molecule has 0 aliphatic carbocycles. The number of rotatable bonds is 4. The molecule has 0 unspecified atom stereocenters. The lowest BCUT2D eigenvalue weighted by Gasteiger charge is -2.26. The number of ether oxygens (including phenoxy) is 2. The van der Waals surface area contributed by atoms with Crippen LogP contribution >= 0.6 is 0 Å². The van der Waals surface area contributed by atoms with Crippen LogP contribution in [0.5, 0.6) is 17.2 Å². The lowest BCUT2D eigenvalue weighted by atomic mass is 10.1. The second kappa shape index (κ2) is 7.08. The molecule has 0 atom stereocenters. The highest BCUT2D eigenvalue weighted by molar-refractivity contribution is 5.88. The normalized spacial score (nSPS) is 15.6. The highest BCUT2D eigenvalue weighted by Crippen LogP contribution is 2.28. The fraction of sp³-hybridized carbons (Fsp3) is 0.211. The van der Waals surface area contributed by atoms with Crippen molar-refractivity contribution in [1.82, 2.24) is 0 Å². The summed E-state index contributed by atoms with van der Waals surface area (Å²) in [7, 11) is 3.20. The molecule has 0 radical (unpaired) electrons. The Balaban J connectivity index is 1.79. The van der Waals surface area contributed by atoms with Gasteiger partial charge < -0.3 is 19.5 Å². The van der Waals surface area contributed by atoms with Gasteiger partial charge in [0.1, 0.15) is 12.4 Å². The molecule has 1 aliphatic rings. The molecule has 0 aromatic heterocycles. The molecule has 0 fully saturated rings. The van der Waals surface area contributed by atoms with Gasteiger partial charge in [0.05, 0.1) is 14.2 Å². The van der Waals surface area contributed by atoms with Crippen LogP contribution in [0.2, 0.25) is 0 Å². The van der Waals surface area contributed by atoms with E-state index < -0.39 is 0 Å². The molecule has 2 aromatic rings. The highest BCUT2D eigenvalue weighted by atomic mass is 16.5. The second-order valence-electron chi connectivity index (χ2n) is 5.50. The summed E-state index contributed by atoms with van der Waals surface area (Å²) >= 11 is 0. The Kier molecular flexibility index (Phi) is 4.70. The molecule has 1 N–H and O–H groups in total. The zero-order chi connectivity index (χ0) is 16.9. The fourth-order valence-electron chi connectivity index (χ4n) is 2.61. The van der Waals surface area contributed by atoms with Crippen LogP contribution in [0, 0.1) is 0 Å². The van der Waals surface area contributed by atoms with Crippen LogP contribution in [0.3, 0.4) is 0 Å². The number of hydrogen-bond donors (Lipinski definition) is 1. The zero-order valence-corrected chi connectivity index (χ0v) is 13.8. The number of phenols is 1. The summed E-state index contributed by atoms with van der Waals surface area (Å²) in [5.74, 6) is 1.44. The number of hydrogen-bond acceptors (Lipinski definition) is 5. The number of phenolic OH excluding ortho intramolecular Hbond substituents is 1. The van der Waals surface area contributed by atoms with E-state index in [0.717, 1.165) is 29.1 Å². The van der Waals surface area contributed by atoms with Crippen LogP contribution in [0.4, 0.5) is 5.69 Å². The third-order valence-corrected chi connectivity index (χ3v) is 3.88. The molecule has 3 rings (SSSR count). The van der Waals surface area contributed by atoms with Crippen molar-refractivity contribution in [2.45, 2.75) is 0 Å². The van der Waals surface area contributed by atoms with Gasteiger partial charge in [-0.25, -0.2) is 0 Å². The summed E-state index contributed by atoms with van der Waals surface area (Å²) in [6, 6.07) is 13.2. The van der Waals surface area contributed by atoms with E-state index in [1.807, 2.05) is 48.7 Å². The van der Waals surface area contributed by atoms with Crippen molar-refractivity contribution in [1.29, 1.82) is 0 Å². The molecule has 0 saturated carbocycles. The molecule has 124 valence electrons. The quantitative estimate of drug-likeness (QED) is 0.937. The SMILES string of the molecule is COc1ccc(N2CN=C/C(=C\c3ccc(O)c(OC)c3)C2)cc1. The van der Waals surface area contributed by atoms with Crippen LogP contribution < -0.4 is 14.4 Å². The van der Waals surface area contributed by atoms with Gasteiger partial charge in [0.15, 0.2) is 11.5 Å². The summed E-state index contributed by atoms with van der Waals surface area (Å²) in [6.45, 7) is 1.39. The van der Waals surface area contributed by atoms with E-state index in [-0.39, 0.29) is 5.75 Å². The van der Waals surface area contributed by atoms with E-state index in [4.69, 9.17) is 9.47 Å². The van der Waals surface area contributed by atoms with Gasteiger partial charge in [-0.15, -0.1) is 0 Å². The van der Waals surface area contributed by atoms with E-state index in [0.29, 0.717) is 12.4 Å². The first-order chi connectivity index (χ1) is 11.7. The molecule has 1 aliphatic heterocycles. The number of aliphatic imine (C=N–C) groups is 1. The van der Waals surface area contributed by atoms with Gasteiger partial charge in [-0.2, -0.15) is 0 Å². The van der Waals surface area contributed by atoms with Gasteiger partial charge in [-0.3, -0.25) is 4.99 Å². The van der Waals surface area contributed by atoms with Crippen LogP contribution in [0.25, 0.3) is 6.08 Å². The first-order valence-electron chi connectivity index (χ1n) is 7.66. The third kappa shape index (κ3) is 3.51. The first-order valence-corrected chi connectivity index (χ1v) is 7.66. The zero-order valence-electron chi connectivity index (χ0n) is 13.8. The lowest BCUT2D eigenvalue weighted by Crippen LogP contribution is -2.29. The maximum Gasteiger partial charge on any atom is 0.161 e. The van der Waals surface area contributed by atoms with E-state index >= 15 is 0 Å². The van der Waals surface area contributed by atoms with Gasteiger partial charge in [0.25, 0.3) is 0 Å². The monoisotopic (exact) mass is 324 g/mol. The molecule has 0 bridgehead atoms. The maximum atomic E-state index is 9.68. The first kappa shape index (κ1) is 15.9. The summed E-state index contributed by atoms with van der Waals surface area (Å²) in [5, 5.41) is 9.68. The van der Waals surface area contributed by atoms with Crippen molar-refractivity contribution in [2.75, 3.05) is 32.3 Å². The van der Waals surface area contributed by atoms with Crippen molar-refractivity contribution in [3.63, 3.8) is 0 Å². The van der Waals surface area contributed by atoms with Crippen molar-refractivity contribution >= 4 is 18.0 Å². The number of aromatic hydroxyl groups is 1. The summed E-state index contributed by atoms with van der Waals surface area (Å²) in [4.78, 5) is 6.62. The maximum absolute atomic E-state index is 9.68. The molecule has 0 saturated heterocycles. The molecule has 0 spiro atoms. The summed E-state index contributed by atoms with van der Waals surface area (Å²) in [6.07, 6.45) is 3.93. The summed E-state index contributed by atoms with van der Waals surface area (Å²) in [5.41, 5.74) is 3.15. The minimum atomic E-state index is 0.136. The Labute approximate surface area is 141 Å². The van der Waals surface area contributed by atoms with E-state index in [1.54, 1.807) is 20.3 Å².